The molecule has 7 heteroatoms. The second-order valence-corrected chi connectivity index (χ2v) is 4.44. The lowest BCUT2D eigenvalue weighted by Gasteiger charge is -2.22. The number of carbonyl (C=O) groups excluding carboxylic acids is 3. The van der Waals surface area contributed by atoms with Crippen molar-refractivity contribution in [1.29, 1.82) is 0 Å². The van der Waals surface area contributed by atoms with Gasteiger partial charge in [-0.25, -0.2) is 0 Å². The fourth-order valence-corrected chi connectivity index (χ4v) is 2.29. The Labute approximate surface area is 108 Å². The summed E-state index contributed by atoms with van der Waals surface area (Å²) in [6.07, 6.45) is -0.148. The van der Waals surface area contributed by atoms with Crippen LogP contribution in [0.5, 0.6) is 5.75 Å². The average Bonchev–Trinajstić information content (AvgIpc) is 2.82. The van der Waals surface area contributed by atoms with E-state index in [1.165, 1.54) is 0 Å². The molecule has 0 radical (unpaired) electrons. The Balaban J connectivity index is 1.85. The number of fused-ring (bicyclic) bond motifs is 1. The molecule has 2 aliphatic rings. The SMILES string of the molecule is O=C1C[C+]2CC(=O)O[B-]2(C(=O)Oc2ccccc2)O1. The molecule has 0 aliphatic carbocycles. The topological polar surface area (TPSA) is 78.9 Å². The van der Waals surface area contributed by atoms with Crippen LogP contribution in [0.15, 0.2) is 30.3 Å². The van der Waals surface area contributed by atoms with Crippen molar-refractivity contribution >= 4 is 24.4 Å². The zero-order valence-corrected chi connectivity index (χ0v) is 9.83. The van der Waals surface area contributed by atoms with Gasteiger partial charge in [0.25, 0.3) is 5.87 Å². The normalized spacial score (nSPS) is 19.7. The highest BCUT2D eigenvalue weighted by atomic mass is 16.7. The maximum atomic E-state index is 12.1. The zero-order chi connectivity index (χ0) is 13.5. The van der Waals surface area contributed by atoms with Gasteiger partial charge in [0.05, 0.1) is 0 Å². The molecule has 3 rings (SSSR count). The van der Waals surface area contributed by atoms with Crippen molar-refractivity contribution < 1.29 is 28.4 Å². The van der Waals surface area contributed by atoms with Gasteiger partial charge >= 0.3 is 18.5 Å². The number of hydrogen-bond acceptors (Lipinski definition) is 6. The van der Waals surface area contributed by atoms with E-state index in [1.807, 2.05) is 0 Å². The molecular formula is C12H9BO6. The van der Waals surface area contributed by atoms with Crippen LogP contribution in [-0.4, -0.2) is 24.4 Å². The van der Waals surface area contributed by atoms with E-state index in [0.717, 1.165) is 0 Å². The Morgan fingerprint density at radius 2 is 1.68 bits per heavy atom. The molecule has 1 aromatic carbocycles. The van der Waals surface area contributed by atoms with Crippen LogP contribution in [0.1, 0.15) is 12.8 Å². The second kappa shape index (κ2) is 4.05. The lowest BCUT2D eigenvalue weighted by Crippen LogP contribution is -2.50. The summed E-state index contributed by atoms with van der Waals surface area (Å²) in [6, 6.07) is 8.32. The van der Waals surface area contributed by atoms with Gasteiger partial charge in [0.2, 0.25) is 0 Å². The molecule has 96 valence electrons. The van der Waals surface area contributed by atoms with Crippen molar-refractivity contribution in [2.24, 2.45) is 0 Å². The van der Waals surface area contributed by atoms with Crippen molar-refractivity contribution in [2.75, 3.05) is 0 Å². The van der Waals surface area contributed by atoms with Crippen LogP contribution in [0.2, 0.25) is 0 Å². The largest absolute Gasteiger partial charge is 0.663 e. The number of ether oxygens (including phenoxy) is 1. The highest BCUT2D eigenvalue weighted by molar-refractivity contribution is 7.03. The first-order valence-corrected chi connectivity index (χ1v) is 5.80. The zero-order valence-electron chi connectivity index (χ0n) is 9.83. The molecule has 0 N–H and O–H groups in total. The predicted molar refractivity (Wildman–Crippen MR) is 62.9 cm³/mol. The number of carbonyl (C=O) groups is 3. The van der Waals surface area contributed by atoms with Crippen molar-refractivity contribution in [3.05, 3.63) is 36.1 Å². The number of benzene rings is 1. The lowest BCUT2D eigenvalue weighted by atomic mass is 9.49. The van der Waals surface area contributed by atoms with Crippen molar-refractivity contribution in [3.8, 4) is 5.75 Å². The molecule has 6 nitrogen and oxygen atoms in total. The fourth-order valence-electron chi connectivity index (χ4n) is 2.29. The summed E-state index contributed by atoms with van der Waals surface area (Å²) >= 11 is 0. The minimum atomic E-state index is -2.73. The Kier molecular flexibility index (Phi) is 2.48. The Morgan fingerprint density at radius 3 is 2.26 bits per heavy atom. The highest BCUT2D eigenvalue weighted by Gasteiger charge is 2.71. The minimum absolute atomic E-state index is 0.0738. The average molecular weight is 260 g/mol. The van der Waals surface area contributed by atoms with Crippen molar-refractivity contribution in [1.82, 2.24) is 0 Å². The molecule has 0 amide bonds. The Hall–Kier alpha value is -2.44. The van der Waals surface area contributed by atoms with Crippen LogP contribution in [0.25, 0.3) is 0 Å². The van der Waals surface area contributed by atoms with Gasteiger partial charge in [-0.15, -0.1) is 0 Å². The van der Waals surface area contributed by atoms with Gasteiger partial charge < -0.3 is 14.0 Å². The van der Waals surface area contributed by atoms with Gasteiger partial charge in [-0.2, -0.15) is 0 Å². The van der Waals surface area contributed by atoms with Crippen LogP contribution in [0, 0.1) is 5.82 Å². The maximum Gasteiger partial charge on any atom is 0.663 e. The molecule has 0 unspecified atom stereocenters. The van der Waals surface area contributed by atoms with Gasteiger partial charge in [-0.3, -0.25) is 14.4 Å². The summed E-state index contributed by atoms with van der Waals surface area (Å²) in [5.74, 6) is -1.34. The first-order valence-electron chi connectivity index (χ1n) is 5.80. The van der Waals surface area contributed by atoms with E-state index in [0.29, 0.717) is 11.6 Å². The summed E-state index contributed by atoms with van der Waals surface area (Å²) in [5.41, 5.74) is 0. The van der Waals surface area contributed by atoms with E-state index in [2.05, 4.69) is 0 Å². The molecule has 2 aliphatic heterocycles. The third kappa shape index (κ3) is 1.83. The van der Waals surface area contributed by atoms with Crippen LogP contribution in [0.4, 0.5) is 4.79 Å². The van der Waals surface area contributed by atoms with Crippen LogP contribution < -0.4 is 4.74 Å². The van der Waals surface area contributed by atoms with Gasteiger partial charge in [0, 0.05) is 5.82 Å². The minimum Gasteiger partial charge on any atom is -0.606 e. The maximum absolute atomic E-state index is 12.1. The molecule has 0 aromatic heterocycles. The number of hydrogen-bond donors (Lipinski definition) is 0. The van der Waals surface area contributed by atoms with E-state index in [4.69, 9.17) is 14.0 Å². The van der Waals surface area contributed by atoms with Crippen LogP contribution >= 0.6 is 0 Å². The van der Waals surface area contributed by atoms with E-state index in [9.17, 15) is 14.4 Å². The third-order valence-corrected chi connectivity index (χ3v) is 3.15. The predicted octanol–water partition coefficient (Wildman–Crippen LogP) is 1.22. The van der Waals surface area contributed by atoms with Crippen LogP contribution in [-0.2, 0) is 18.9 Å². The van der Waals surface area contributed by atoms with E-state index in [-0.39, 0.29) is 12.8 Å². The van der Waals surface area contributed by atoms with Gasteiger partial charge in [0.1, 0.15) is 18.6 Å². The van der Waals surface area contributed by atoms with Gasteiger partial charge in [-0.1, -0.05) is 18.2 Å². The quantitative estimate of drug-likeness (QED) is 0.587. The molecular weight excluding hydrogens is 251 g/mol. The molecule has 0 saturated carbocycles. The summed E-state index contributed by atoms with van der Waals surface area (Å²) in [6.45, 7) is -2.73. The molecule has 1 aromatic rings. The fraction of sp³-hybridized carbons (Fsp3) is 0.167. The molecule has 2 fully saturated rings. The molecule has 19 heavy (non-hydrogen) atoms. The number of rotatable bonds is 2. The smallest absolute Gasteiger partial charge is 0.606 e. The standard InChI is InChI=1S/C12H9BO6/c14-10-6-8-7-11(15)19-13(8,18-10)12(16)17-9-4-2-1-3-5-9/h1-5H,6-7H2. The second-order valence-electron chi connectivity index (χ2n) is 4.44. The summed E-state index contributed by atoms with van der Waals surface area (Å²) in [4.78, 5) is 34.7. The van der Waals surface area contributed by atoms with Gasteiger partial charge in [-0.05, 0) is 12.1 Å². The lowest BCUT2D eigenvalue weighted by molar-refractivity contribution is -0.138. The van der Waals surface area contributed by atoms with Crippen LogP contribution in [0.3, 0.4) is 0 Å². The molecule has 0 bridgehead atoms. The third-order valence-electron chi connectivity index (χ3n) is 3.15. The van der Waals surface area contributed by atoms with Gasteiger partial charge in [0.15, 0.2) is 0 Å². The molecule has 2 saturated heterocycles. The van der Waals surface area contributed by atoms with Crippen molar-refractivity contribution in [2.45, 2.75) is 12.8 Å². The summed E-state index contributed by atoms with van der Waals surface area (Å²) < 4.78 is 15.0. The monoisotopic (exact) mass is 260 g/mol. The first kappa shape index (κ1) is 11.6. The molecule has 0 spiro atoms. The summed E-state index contributed by atoms with van der Waals surface area (Å²) in [5, 5.41) is 0. The first-order chi connectivity index (χ1) is 9.10. The van der Waals surface area contributed by atoms with Crippen molar-refractivity contribution in [3.63, 3.8) is 0 Å². The van der Waals surface area contributed by atoms with E-state index in [1.54, 1.807) is 30.3 Å². The van der Waals surface area contributed by atoms with E-state index >= 15 is 0 Å². The molecule has 0 atom stereocenters. The Morgan fingerprint density at radius 1 is 1.11 bits per heavy atom. The highest BCUT2D eigenvalue weighted by Crippen LogP contribution is 2.41. The number of para-hydroxylation sites is 1. The molecule has 2 heterocycles. The van der Waals surface area contributed by atoms with E-state index < -0.39 is 24.4 Å². The Bertz CT molecular complexity index is 535. The summed E-state index contributed by atoms with van der Waals surface area (Å²) in [7, 11) is 0.